The fraction of sp³-hybridized carbons (Fsp3) is 0.364. The summed E-state index contributed by atoms with van der Waals surface area (Å²) in [6.45, 7) is 0.913. The molecule has 0 aromatic heterocycles. The van der Waals surface area contributed by atoms with Crippen LogP contribution in [0.2, 0.25) is 0 Å². The topological polar surface area (TPSA) is 9.23 Å². The smallest absolute Gasteiger partial charge is 0.102 e. The summed E-state index contributed by atoms with van der Waals surface area (Å²) in [6.07, 6.45) is 2.36. The van der Waals surface area contributed by atoms with E-state index in [2.05, 4.69) is 30.1 Å². The molecule has 1 heterocycles. The molecule has 1 aromatic carbocycles. The van der Waals surface area contributed by atoms with Gasteiger partial charge < -0.3 is 4.74 Å². The molecule has 1 saturated heterocycles. The maximum atomic E-state index is 5.62. The first-order chi connectivity index (χ1) is 6.38. The Balaban J connectivity index is 2.13. The summed E-state index contributed by atoms with van der Waals surface area (Å²) in [6, 6.07) is 10.4. The standard InChI is InChI=1S/C11H14OS/c1-13(11-8-5-9-12-11)10-6-3-2-4-7-10/h2-4,6-7,11H,1,5,8-9H2. The van der Waals surface area contributed by atoms with Gasteiger partial charge in [0.05, 0.1) is 0 Å². The minimum Gasteiger partial charge on any atom is -0.368 e. The van der Waals surface area contributed by atoms with E-state index >= 15 is 0 Å². The van der Waals surface area contributed by atoms with Crippen LogP contribution >= 0.6 is 10.5 Å². The van der Waals surface area contributed by atoms with Gasteiger partial charge in [0, 0.05) is 11.5 Å². The molecule has 0 bridgehead atoms. The largest absolute Gasteiger partial charge is 0.368 e. The van der Waals surface area contributed by atoms with Gasteiger partial charge in [-0.1, -0.05) is 24.1 Å². The third kappa shape index (κ3) is 2.01. The quantitative estimate of drug-likeness (QED) is 0.658. The third-order valence-electron chi connectivity index (χ3n) is 2.25. The molecule has 70 valence electrons. The molecule has 1 aromatic rings. The summed E-state index contributed by atoms with van der Waals surface area (Å²) in [5, 5.41) is 0. The highest BCUT2D eigenvalue weighted by molar-refractivity contribution is 8.14. The molecular weight excluding hydrogens is 180 g/mol. The van der Waals surface area contributed by atoms with Crippen LogP contribution in [0.5, 0.6) is 0 Å². The lowest BCUT2D eigenvalue weighted by Crippen LogP contribution is -2.00. The molecule has 13 heavy (non-hydrogen) atoms. The summed E-state index contributed by atoms with van der Waals surface area (Å²) in [4.78, 5) is 1.31. The Morgan fingerprint density at radius 3 is 2.69 bits per heavy atom. The third-order valence-corrected chi connectivity index (χ3v) is 4.14. The monoisotopic (exact) mass is 194 g/mol. The van der Waals surface area contributed by atoms with Crippen LogP contribution in [0.25, 0.3) is 0 Å². The van der Waals surface area contributed by atoms with E-state index in [1.165, 1.54) is 17.7 Å². The molecule has 0 saturated carbocycles. The highest BCUT2D eigenvalue weighted by Crippen LogP contribution is 2.35. The number of benzene rings is 1. The van der Waals surface area contributed by atoms with Gasteiger partial charge in [0.25, 0.3) is 0 Å². The molecular formula is C11H14OS. The van der Waals surface area contributed by atoms with Gasteiger partial charge in [0.1, 0.15) is 5.44 Å². The molecule has 2 atom stereocenters. The van der Waals surface area contributed by atoms with Crippen LogP contribution in [0.3, 0.4) is 0 Å². The number of hydrogen-bond donors (Lipinski definition) is 0. The molecule has 2 unspecified atom stereocenters. The molecule has 0 aliphatic carbocycles. The first-order valence-corrected chi connectivity index (χ1v) is 6.03. The molecule has 1 aliphatic heterocycles. The number of ether oxygens (including phenoxy) is 1. The molecule has 0 spiro atoms. The molecule has 1 aliphatic rings. The Morgan fingerprint density at radius 2 is 2.08 bits per heavy atom. The van der Waals surface area contributed by atoms with Crippen LogP contribution in [-0.4, -0.2) is 17.9 Å². The second-order valence-corrected chi connectivity index (χ2v) is 5.04. The van der Waals surface area contributed by atoms with Crippen molar-refractivity contribution in [3.8, 4) is 0 Å². The van der Waals surface area contributed by atoms with Crippen molar-refractivity contribution in [2.75, 3.05) is 6.61 Å². The maximum absolute atomic E-state index is 5.62. The summed E-state index contributed by atoms with van der Waals surface area (Å²) in [7, 11) is 0.0190. The fourth-order valence-electron chi connectivity index (χ4n) is 1.52. The average Bonchev–Trinajstić information content (AvgIpc) is 2.71. The van der Waals surface area contributed by atoms with Crippen LogP contribution < -0.4 is 0 Å². The van der Waals surface area contributed by atoms with Gasteiger partial charge in [-0.3, -0.25) is 0 Å². The Kier molecular flexibility index (Phi) is 2.81. The lowest BCUT2D eigenvalue weighted by molar-refractivity contribution is 0.173. The molecule has 0 N–H and O–H groups in total. The van der Waals surface area contributed by atoms with Crippen molar-refractivity contribution in [2.45, 2.75) is 23.2 Å². The van der Waals surface area contributed by atoms with Crippen molar-refractivity contribution in [2.24, 2.45) is 0 Å². The predicted octanol–water partition coefficient (Wildman–Crippen LogP) is 2.88. The van der Waals surface area contributed by atoms with Gasteiger partial charge in [-0.2, -0.15) is 0 Å². The van der Waals surface area contributed by atoms with Crippen molar-refractivity contribution in [1.29, 1.82) is 0 Å². The first-order valence-electron chi connectivity index (χ1n) is 4.57. The minimum absolute atomic E-state index is 0.0190. The van der Waals surface area contributed by atoms with E-state index < -0.39 is 0 Å². The summed E-state index contributed by atoms with van der Waals surface area (Å²) < 4.78 is 5.62. The van der Waals surface area contributed by atoms with Gasteiger partial charge >= 0.3 is 0 Å². The first kappa shape index (κ1) is 8.97. The van der Waals surface area contributed by atoms with Crippen LogP contribution in [0, 0.1) is 0 Å². The number of rotatable bonds is 2. The van der Waals surface area contributed by atoms with Gasteiger partial charge in [0.15, 0.2) is 0 Å². The van der Waals surface area contributed by atoms with Crippen LogP contribution in [0.15, 0.2) is 35.2 Å². The Hall–Kier alpha value is -0.600. The highest BCUT2D eigenvalue weighted by atomic mass is 32.2. The normalized spacial score (nSPS) is 24.5. The van der Waals surface area contributed by atoms with E-state index in [1.807, 2.05) is 6.07 Å². The zero-order valence-corrected chi connectivity index (χ0v) is 8.43. The molecule has 0 amide bonds. The van der Waals surface area contributed by atoms with E-state index in [9.17, 15) is 0 Å². The van der Waals surface area contributed by atoms with E-state index in [4.69, 9.17) is 4.74 Å². The Labute approximate surface area is 81.7 Å². The van der Waals surface area contributed by atoms with Crippen molar-refractivity contribution in [3.05, 3.63) is 30.3 Å². The van der Waals surface area contributed by atoms with Gasteiger partial charge in [-0.05, 0) is 25.0 Å². The second-order valence-electron chi connectivity index (χ2n) is 3.18. The fourth-order valence-corrected chi connectivity index (χ4v) is 3.04. The molecule has 2 heteroatoms. The average molecular weight is 194 g/mol. The van der Waals surface area contributed by atoms with E-state index in [0.29, 0.717) is 5.44 Å². The highest BCUT2D eigenvalue weighted by Gasteiger charge is 2.18. The molecule has 1 nitrogen and oxygen atoms in total. The Bertz CT molecular complexity index is 288. The zero-order chi connectivity index (χ0) is 9.10. The molecule has 0 radical (unpaired) electrons. The molecule has 2 rings (SSSR count). The van der Waals surface area contributed by atoms with Crippen LogP contribution in [0.1, 0.15) is 12.8 Å². The SMILES string of the molecule is C=S(c1ccccc1)C1CCCO1. The van der Waals surface area contributed by atoms with Crippen molar-refractivity contribution in [3.63, 3.8) is 0 Å². The molecule has 1 fully saturated rings. The van der Waals surface area contributed by atoms with E-state index in [1.54, 1.807) is 0 Å². The zero-order valence-electron chi connectivity index (χ0n) is 7.61. The summed E-state index contributed by atoms with van der Waals surface area (Å²) >= 11 is 0. The van der Waals surface area contributed by atoms with Gasteiger partial charge in [0.2, 0.25) is 0 Å². The van der Waals surface area contributed by atoms with Crippen molar-refractivity contribution >= 4 is 16.4 Å². The van der Waals surface area contributed by atoms with Crippen LogP contribution in [-0.2, 0) is 4.74 Å². The van der Waals surface area contributed by atoms with Gasteiger partial charge in [-0.15, -0.1) is 10.5 Å². The Morgan fingerprint density at radius 1 is 1.31 bits per heavy atom. The van der Waals surface area contributed by atoms with E-state index in [0.717, 1.165) is 6.61 Å². The lowest BCUT2D eigenvalue weighted by Gasteiger charge is -2.14. The predicted molar refractivity (Wildman–Crippen MR) is 58.4 cm³/mol. The van der Waals surface area contributed by atoms with E-state index in [-0.39, 0.29) is 10.5 Å². The minimum atomic E-state index is 0.0190. The van der Waals surface area contributed by atoms with Crippen molar-refractivity contribution in [1.82, 2.24) is 0 Å². The summed E-state index contributed by atoms with van der Waals surface area (Å²) in [5.41, 5.74) is 0.363. The van der Waals surface area contributed by atoms with Gasteiger partial charge in [-0.25, -0.2) is 0 Å². The van der Waals surface area contributed by atoms with Crippen molar-refractivity contribution < 1.29 is 4.74 Å². The van der Waals surface area contributed by atoms with Crippen LogP contribution in [0.4, 0.5) is 0 Å². The lowest BCUT2D eigenvalue weighted by atomic mass is 10.4. The maximum Gasteiger partial charge on any atom is 0.102 e. The number of hydrogen-bond acceptors (Lipinski definition) is 1. The second kappa shape index (κ2) is 4.07. The summed E-state index contributed by atoms with van der Waals surface area (Å²) in [5.74, 6) is 4.19.